The number of fused-ring (bicyclic) bond motifs is 2. The van der Waals surface area contributed by atoms with Gasteiger partial charge in [0, 0.05) is 43.8 Å². The number of aryl methyl sites for hydroxylation is 1. The van der Waals surface area contributed by atoms with Crippen LogP contribution in [-0.4, -0.2) is 40.0 Å². The molecule has 0 unspecified atom stereocenters. The molecule has 0 aliphatic carbocycles. The van der Waals surface area contributed by atoms with Crippen LogP contribution in [-0.2, 0) is 19.5 Å². The van der Waals surface area contributed by atoms with Crippen molar-refractivity contribution in [1.29, 1.82) is 0 Å². The third kappa shape index (κ3) is 4.03. The summed E-state index contributed by atoms with van der Waals surface area (Å²) in [5, 5.41) is 1.18. The highest BCUT2D eigenvalue weighted by Gasteiger charge is 2.27. The minimum atomic E-state index is 0.0870. The molecule has 1 aromatic carbocycles. The van der Waals surface area contributed by atoms with E-state index in [2.05, 4.69) is 67.5 Å². The van der Waals surface area contributed by atoms with E-state index in [4.69, 9.17) is 4.98 Å². The Morgan fingerprint density at radius 3 is 2.48 bits per heavy atom. The Hall–Kier alpha value is -2.82. The fraction of sp³-hybridized carbons (Fsp3) is 0.500. The number of amides is 1. The summed E-state index contributed by atoms with van der Waals surface area (Å²) in [6, 6.07) is 10.8. The number of hydrogen-bond donors (Lipinski definition) is 0. The predicted octanol–water partition coefficient (Wildman–Crippen LogP) is 5.50. The highest BCUT2D eigenvalue weighted by Crippen LogP contribution is 2.35. The average Bonchev–Trinajstić information content (AvgIpc) is 3.07. The van der Waals surface area contributed by atoms with E-state index in [0.29, 0.717) is 11.6 Å². The first-order valence-corrected chi connectivity index (χ1v) is 12.6. The standard InChI is InChI=1S/C28H36N4O/c1-19(2)17-32-21(4)20(3)24-16-25(28(33)30-13-8-5-9-14-30)29-27(26(24)32)31-15-12-22-10-6-7-11-23(22)18-31/h6-7,10-11,16,19H,5,8-9,12-15,17-18H2,1-4H3. The first-order chi connectivity index (χ1) is 15.9. The molecular weight excluding hydrogens is 408 g/mol. The van der Waals surface area contributed by atoms with E-state index in [1.54, 1.807) is 0 Å². The second kappa shape index (κ2) is 8.85. The smallest absolute Gasteiger partial charge is 0.272 e. The molecule has 1 amide bonds. The maximum absolute atomic E-state index is 13.5. The van der Waals surface area contributed by atoms with Crippen molar-refractivity contribution in [2.75, 3.05) is 24.5 Å². The van der Waals surface area contributed by atoms with Gasteiger partial charge >= 0.3 is 0 Å². The Bertz CT molecular complexity index is 1190. The van der Waals surface area contributed by atoms with E-state index < -0.39 is 0 Å². The van der Waals surface area contributed by atoms with Crippen LogP contribution in [0.1, 0.15) is 66.0 Å². The molecule has 5 heteroatoms. The molecule has 1 fully saturated rings. The molecule has 0 radical (unpaired) electrons. The Kier molecular flexibility index (Phi) is 5.90. The fourth-order valence-corrected chi connectivity index (χ4v) is 5.50. The molecule has 2 aliphatic heterocycles. The van der Waals surface area contributed by atoms with Gasteiger partial charge in [-0.05, 0) is 68.2 Å². The van der Waals surface area contributed by atoms with E-state index in [1.165, 1.54) is 39.7 Å². The third-order valence-electron chi connectivity index (χ3n) is 7.44. The quantitative estimate of drug-likeness (QED) is 0.534. The molecule has 174 valence electrons. The maximum atomic E-state index is 13.5. The van der Waals surface area contributed by atoms with Gasteiger partial charge in [-0.25, -0.2) is 4.98 Å². The number of aromatic nitrogens is 2. The summed E-state index contributed by atoms with van der Waals surface area (Å²) in [7, 11) is 0. The first kappa shape index (κ1) is 22.0. The van der Waals surface area contributed by atoms with Crippen LogP contribution in [0.15, 0.2) is 30.3 Å². The number of benzene rings is 1. The van der Waals surface area contributed by atoms with Crippen LogP contribution in [0.4, 0.5) is 5.82 Å². The number of pyridine rings is 1. The van der Waals surface area contributed by atoms with Crippen molar-refractivity contribution in [1.82, 2.24) is 14.5 Å². The number of hydrogen-bond acceptors (Lipinski definition) is 3. The largest absolute Gasteiger partial charge is 0.350 e. The van der Waals surface area contributed by atoms with Crippen LogP contribution >= 0.6 is 0 Å². The molecule has 2 aromatic heterocycles. The van der Waals surface area contributed by atoms with Crippen LogP contribution in [0.5, 0.6) is 0 Å². The lowest BCUT2D eigenvalue weighted by atomic mass is 9.99. The first-order valence-electron chi connectivity index (χ1n) is 12.6. The molecule has 4 heterocycles. The van der Waals surface area contributed by atoms with Crippen LogP contribution in [0.25, 0.3) is 10.9 Å². The lowest BCUT2D eigenvalue weighted by molar-refractivity contribution is 0.0718. The number of piperidine rings is 1. The van der Waals surface area contributed by atoms with Crippen LogP contribution in [0, 0.1) is 19.8 Å². The van der Waals surface area contributed by atoms with Gasteiger partial charge in [0.15, 0.2) is 5.82 Å². The summed E-state index contributed by atoms with van der Waals surface area (Å²) in [6.45, 7) is 13.3. The highest BCUT2D eigenvalue weighted by atomic mass is 16.2. The predicted molar refractivity (Wildman–Crippen MR) is 135 cm³/mol. The van der Waals surface area contributed by atoms with E-state index >= 15 is 0 Å². The van der Waals surface area contributed by atoms with Crippen molar-refractivity contribution in [3.63, 3.8) is 0 Å². The Morgan fingerprint density at radius 1 is 1.03 bits per heavy atom. The van der Waals surface area contributed by atoms with E-state index in [9.17, 15) is 4.79 Å². The van der Waals surface area contributed by atoms with Gasteiger partial charge in [-0.3, -0.25) is 4.79 Å². The molecule has 3 aromatic rings. The lowest BCUT2D eigenvalue weighted by Crippen LogP contribution is -2.37. The van der Waals surface area contributed by atoms with E-state index in [1.807, 2.05) is 4.90 Å². The number of nitrogens with zero attached hydrogens (tertiary/aromatic N) is 4. The Labute approximate surface area is 197 Å². The van der Waals surface area contributed by atoms with Gasteiger partial charge in [0.25, 0.3) is 5.91 Å². The Morgan fingerprint density at radius 2 is 1.76 bits per heavy atom. The maximum Gasteiger partial charge on any atom is 0.272 e. The minimum Gasteiger partial charge on any atom is -0.350 e. The van der Waals surface area contributed by atoms with E-state index in [0.717, 1.165) is 57.8 Å². The molecule has 0 bridgehead atoms. The van der Waals surface area contributed by atoms with Gasteiger partial charge in [0.05, 0.1) is 5.52 Å². The summed E-state index contributed by atoms with van der Waals surface area (Å²) in [6.07, 6.45) is 4.40. The minimum absolute atomic E-state index is 0.0870. The van der Waals surface area contributed by atoms with Crippen molar-refractivity contribution in [3.05, 3.63) is 58.4 Å². The summed E-state index contributed by atoms with van der Waals surface area (Å²) in [4.78, 5) is 23.0. The van der Waals surface area contributed by atoms with Gasteiger partial charge < -0.3 is 14.4 Å². The molecule has 0 atom stereocenters. The van der Waals surface area contributed by atoms with Crippen molar-refractivity contribution in [3.8, 4) is 0 Å². The Balaban J connectivity index is 1.66. The molecule has 1 saturated heterocycles. The molecule has 33 heavy (non-hydrogen) atoms. The lowest BCUT2D eigenvalue weighted by Gasteiger charge is -2.32. The molecule has 0 saturated carbocycles. The average molecular weight is 445 g/mol. The zero-order valence-corrected chi connectivity index (χ0v) is 20.5. The number of likely N-dealkylation sites (tertiary alicyclic amines) is 1. The summed E-state index contributed by atoms with van der Waals surface area (Å²) in [5.41, 5.74) is 7.12. The highest BCUT2D eigenvalue weighted by molar-refractivity contribution is 6.01. The third-order valence-corrected chi connectivity index (χ3v) is 7.44. The molecule has 2 aliphatic rings. The normalized spacial score (nSPS) is 16.5. The SMILES string of the molecule is Cc1c(C)n(CC(C)C)c2c(N3CCc4ccccc4C3)nc(C(=O)N3CCCCC3)cc12. The van der Waals surface area contributed by atoms with Crippen LogP contribution in [0.2, 0.25) is 0 Å². The van der Waals surface area contributed by atoms with Gasteiger partial charge in [0.1, 0.15) is 5.69 Å². The van der Waals surface area contributed by atoms with Gasteiger partial charge in [0.2, 0.25) is 0 Å². The van der Waals surface area contributed by atoms with Gasteiger partial charge in [-0.1, -0.05) is 38.1 Å². The molecule has 0 spiro atoms. The molecule has 5 rings (SSSR count). The van der Waals surface area contributed by atoms with Crippen molar-refractivity contribution in [2.24, 2.45) is 5.92 Å². The monoisotopic (exact) mass is 444 g/mol. The second-order valence-electron chi connectivity index (χ2n) is 10.2. The number of carbonyl (C=O) groups is 1. The zero-order valence-electron chi connectivity index (χ0n) is 20.5. The van der Waals surface area contributed by atoms with Gasteiger partial charge in [-0.15, -0.1) is 0 Å². The van der Waals surface area contributed by atoms with Gasteiger partial charge in [-0.2, -0.15) is 0 Å². The number of carbonyl (C=O) groups excluding carboxylic acids is 1. The van der Waals surface area contributed by atoms with Crippen molar-refractivity contribution < 1.29 is 4.79 Å². The number of rotatable bonds is 4. The van der Waals surface area contributed by atoms with E-state index in [-0.39, 0.29) is 5.91 Å². The summed E-state index contributed by atoms with van der Waals surface area (Å²) in [5.74, 6) is 1.59. The van der Waals surface area contributed by atoms with Crippen LogP contribution < -0.4 is 4.90 Å². The van der Waals surface area contributed by atoms with Crippen molar-refractivity contribution >= 4 is 22.6 Å². The molecular formula is C28H36N4O. The second-order valence-corrected chi connectivity index (χ2v) is 10.2. The summed E-state index contributed by atoms with van der Waals surface area (Å²) >= 11 is 0. The van der Waals surface area contributed by atoms with Crippen LogP contribution in [0.3, 0.4) is 0 Å². The molecule has 0 N–H and O–H groups in total. The fourth-order valence-electron chi connectivity index (χ4n) is 5.50. The zero-order chi connectivity index (χ0) is 23.1. The molecule has 5 nitrogen and oxygen atoms in total. The van der Waals surface area contributed by atoms with Crippen molar-refractivity contribution in [2.45, 2.75) is 66.5 Å². The number of anilines is 1. The summed E-state index contributed by atoms with van der Waals surface area (Å²) < 4.78 is 2.44. The topological polar surface area (TPSA) is 41.4 Å².